The van der Waals surface area contributed by atoms with Crippen molar-refractivity contribution in [2.24, 2.45) is 0 Å². The Kier molecular flexibility index (Phi) is 6.64. The number of rotatable bonds is 5. The number of hydrogen-bond acceptors (Lipinski definition) is 3. The van der Waals surface area contributed by atoms with E-state index in [-0.39, 0.29) is 0 Å². The Morgan fingerprint density at radius 2 is 0.979 bits per heavy atom. The van der Waals surface area contributed by atoms with Crippen LogP contribution in [0.3, 0.4) is 0 Å². The summed E-state index contributed by atoms with van der Waals surface area (Å²) in [6, 6.07) is 58.2. The fraction of sp³-hybridized carbons (Fsp3) is 0. The third-order valence-corrected chi connectivity index (χ3v) is 13.4. The predicted octanol–water partition coefficient (Wildman–Crippen LogP) is 10.7. The van der Waals surface area contributed by atoms with Gasteiger partial charge in [-0.3, -0.25) is 0 Å². The number of fused-ring (bicyclic) bond motifs is 7. The van der Waals surface area contributed by atoms with Crippen LogP contribution in [0.25, 0.3) is 64.2 Å². The first kappa shape index (κ1) is 27.9. The third kappa shape index (κ3) is 4.54. The highest BCUT2D eigenvalue weighted by Crippen LogP contribution is 2.45. The maximum atomic E-state index is 14.8. The number of benzene rings is 7. The smallest absolute Gasteiger partial charge is 0.171 e. The van der Waals surface area contributed by atoms with E-state index in [4.69, 9.17) is 4.98 Å². The van der Waals surface area contributed by atoms with Crippen LogP contribution in [0.2, 0.25) is 0 Å². The quantitative estimate of drug-likeness (QED) is 0.139. The lowest BCUT2D eigenvalue weighted by molar-refractivity contribution is 0.592. The Morgan fingerprint density at radius 1 is 0.447 bits per heavy atom. The summed E-state index contributed by atoms with van der Waals surface area (Å²) in [4.78, 5) is 5.32. The molecule has 0 fully saturated rings. The summed E-state index contributed by atoms with van der Waals surface area (Å²) >= 11 is 1.85. The van der Waals surface area contributed by atoms with E-state index in [0.29, 0.717) is 0 Å². The summed E-state index contributed by atoms with van der Waals surface area (Å²) < 4.78 is 17.4. The molecule has 0 saturated carbocycles. The molecule has 0 aliphatic rings. The first-order chi connectivity index (χ1) is 23.2. The van der Waals surface area contributed by atoms with E-state index in [0.717, 1.165) is 43.8 Å². The molecule has 0 N–H and O–H groups in total. The van der Waals surface area contributed by atoms with Crippen LogP contribution in [0.4, 0.5) is 0 Å². The van der Waals surface area contributed by atoms with Gasteiger partial charge in [0.25, 0.3) is 0 Å². The summed E-state index contributed by atoms with van der Waals surface area (Å²) in [5, 5.41) is 8.65. The first-order valence-corrected chi connectivity index (χ1v) is 18.3. The molecule has 0 spiro atoms. The van der Waals surface area contributed by atoms with Crippen LogP contribution in [0, 0.1) is 0 Å². The van der Waals surface area contributed by atoms with E-state index in [9.17, 15) is 4.57 Å². The van der Waals surface area contributed by atoms with Gasteiger partial charge in [-0.25, -0.2) is 4.98 Å². The molecule has 222 valence electrons. The molecular weight excluding hydrogens is 610 g/mol. The minimum absolute atomic E-state index is 0.829. The zero-order valence-corrected chi connectivity index (χ0v) is 27.1. The number of thiophene rings is 1. The van der Waals surface area contributed by atoms with Crippen LogP contribution in [0.5, 0.6) is 0 Å². The summed E-state index contributed by atoms with van der Waals surface area (Å²) in [5.74, 6) is 0. The topological polar surface area (TPSA) is 30.0 Å². The molecular formula is C43H28NOPS. The predicted molar refractivity (Wildman–Crippen MR) is 202 cm³/mol. The summed E-state index contributed by atoms with van der Waals surface area (Å²) in [5.41, 5.74) is 5.30. The number of aromatic nitrogens is 1. The van der Waals surface area contributed by atoms with Gasteiger partial charge in [0.2, 0.25) is 0 Å². The van der Waals surface area contributed by atoms with Crippen molar-refractivity contribution in [2.75, 3.05) is 0 Å². The van der Waals surface area contributed by atoms with E-state index in [1.807, 2.05) is 84.1 Å². The molecule has 0 unspecified atom stereocenters. The van der Waals surface area contributed by atoms with Crippen LogP contribution in [0.15, 0.2) is 170 Å². The number of pyridine rings is 1. The summed E-state index contributed by atoms with van der Waals surface area (Å²) in [7, 11) is -3.02. The Labute approximate surface area is 277 Å². The number of hydrogen-bond donors (Lipinski definition) is 0. The molecule has 0 amide bonds. The van der Waals surface area contributed by atoms with Gasteiger partial charge in [-0.15, -0.1) is 11.3 Å². The summed E-state index contributed by atoms with van der Waals surface area (Å²) in [6.45, 7) is 0. The molecule has 7 aromatic carbocycles. The molecule has 9 aromatic rings. The summed E-state index contributed by atoms with van der Waals surface area (Å²) in [6.07, 6.45) is 0. The van der Waals surface area contributed by atoms with E-state index >= 15 is 0 Å². The normalized spacial score (nSPS) is 11.9. The molecule has 0 atom stereocenters. The average molecular weight is 638 g/mol. The molecule has 2 aromatic heterocycles. The second-order valence-electron chi connectivity index (χ2n) is 11.8. The van der Waals surface area contributed by atoms with Crippen LogP contribution in [0.1, 0.15) is 0 Å². The minimum Gasteiger partial charge on any atom is -0.309 e. The maximum absolute atomic E-state index is 14.8. The molecule has 9 rings (SSSR count). The van der Waals surface area contributed by atoms with E-state index in [1.165, 1.54) is 36.3 Å². The molecule has 47 heavy (non-hydrogen) atoms. The third-order valence-electron chi connectivity index (χ3n) is 9.16. The van der Waals surface area contributed by atoms with Crippen molar-refractivity contribution in [3.05, 3.63) is 170 Å². The zero-order chi connectivity index (χ0) is 31.4. The van der Waals surface area contributed by atoms with Gasteiger partial charge in [0.1, 0.15) is 0 Å². The SMILES string of the molecule is O=P(c1ccccc1)(c1ccccc1)c1ccc(-c2ccc(-c3nc4ccc5ccccc5c4c4sc5ccccc5c34)cc2)cc1. The minimum atomic E-state index is -3.02. The van der Waals surface area contributed by atoms with Crippen molar-refractivity contribution in [1.82, 2.24) is 4.98 Å². The monoisotopic (exact) mass is 637 g/mol. The van der Waals surface area contributed by atoms with Gasteiger partial charge in [0, 0.05) is 47.0 Å². The van der Waals surface area contributed by atoms with Crippen molar-refractivity contribution in [2.45, 2.75) is 0 Å². The van der Waals surface area contributed by atoms with Gasteiger partial charge in [-0.05, 0) is 34.0 Å². The van der Waals surface area contributed by atoms with Crippen LogP contribution >= 0.6 is 18.5 Å². The molecule has 2 nitrogen and oxygen atoms in total. The second kappa shape index (κ2) is 11.2. The van der Waals surface area contributed by atoms with E-state index in [2.05, 4.69) is 97.1 Å². The van der Waals surface area contributed by atoms with Gasteiger partial charge in [0.15, 0.2) is 7.14 Å². The van der Waals surface area contributed by atoms with Gasteiger partial charge >= 0.3 is 0 Å². The standard InChI is InChI=1S/C43H28NOPS/c45-46(33-12-3-1-4-13-33,34-14-5-2-6-15-34)35-26-23-30(24-27-35)29-19-21-32(22-20-29)42-41-37-17-9-10-18-39(37)47-43(41)40-36-16-8-7-11-31(36)25-28-38(40)44-42/h1-28H. The molecule has 0 aliphatic heterocycles. The maximum Gasteiger partial charge on any atom is 0.171 e. The van der Waals surface area contributed by atoms with Gasteiger partial charge in [-0.1, -0.05) is 158 Å². The lowest BCUT2D eigenvalue weighted by Gasteiger charge is -2.20. The Bertz CT molecular complexity index is 2580. The molecule has 4 heteroatoms. The number of nitrogens with zero attached hydrogens (tertiary/aromatic N) is 1. The average Bonchev–Trinajstić information content (AvgIpc) is 3.55. The highest BCUT2D eigenvalue weighted by atomic mass is 32.1. The molecule has 0 aliphatic carbocycles. The molecule has 0 bridgehead atoms. The Balaban J connectivity index is 1.14. The van der Waals surface area contributed by atoms with Crippen molar-refractivity contribution in [3.8, 4) is 22.4 Å². The largest absolute Gasteiger partial charge is 0.309 e. The fourth-order valence-corrected chi connectivity index (χ4v) is 10.8. The fourth-order valence-electron chi connectivity index (χ4n) is 6.84. The van der Waals surface area contributed by atoms with Crippen LogP contribution < -0.4 is 15.9 Å². The second-order valence-corrected chi connectivity index (χ2v) is 15.7. The van der Waals surface area contributed by atoms with Crippen LogP contribution in [-0.4, -0.2) is 4.98 Å². The lowest BCUT2D eigenvalue weighted by Crippen LogP contribution is -2.24. The zero-order valence-electron chi connectivity index (χ0n) is 25.4. The van der Waals surface area contributed by atoms with Crippen molar-refractivity contribution >= 4 is 76.2 Å². The molecule has 2 heterocycles. The van der Waals surface area contributed by atoms with Crippen molar-refractivity contribution < 1.29 is 4.57 Å². The highest BCUT2D eigenvalue weighted by molar-refractivity contribution is 7.85. The Hall–Kier alpha value is -5.34. The molecule has 0 radical (unpaired) electrons. The van der Waals surface area contributed by atoms with Crippen molar-refractivity contribution in [1.29, 1.82) is 0 Å². The van der Waals surface area contributed by atoms with Crippen LogP contribution in [-0.2, 0) is 4.57 Å². The first-order valence-electron chi connectivity index (χ1n) is 15.7. The highest BCUT2D eigenvalue weighted by Gasteiger charge is 2.29. The van der Waals surface area contributed by atoms with Gasteiger partial charge < -0.3 is 4.57 Å². The van der Waals surface area contributed by atoms with Gasteiger partial charge in [0.05, 0.1) is 11.2 Å². The molecule has 0 saturated heterocycles. The lowest BCUT2D eigenvalue weighted by atomic mass is 9.98. The van der Waals surface area contributed by atoms with Crippen molar-refractivity contribution in [3.63, 3.8) is 0 Å². The van der Waals surface area contributed by atoms with E-state index < -0.39 is 7.14 Å². The van der Waals surface area contributed by atoms with E-state index in [1.54, 1.807) is 0 Å². The van der Waals surface area contributed by atoms with Gasteiger partial charge in [-0.2, -0.15) is 0 Å². The Morgan fingerprint density at radius 3 is 1.66 bits per heavy atom.